The van der Waals surface area contributed by atoms with Gasteiger partial charge in [0, 0.05) is 0 Å². The molecule has 0 radical (unpaired) electrons. The van der Waals surface area contributed by atoms with Crippen LogP contribution in [0.25, 0.3) is 0 Å². The number of carbonyl (C=O) groups is 4. The molecule has 0 bridgehead atoms. The summed E-state index contributed by atoms with van der Waals surface area (Å²) in [7, 11) is 0. The number of ketones is 4. The predicted octanol–water partition coefficient (Wildman–Crippen LogP) is -0.0613. The zero-order valence-electron chi connectivity index (χ0n) is 7.71. The second-order valence-corrected chi connectivity index (χ2v) is 3.33. The minimum Gasteiger partial charge on any atom is -0.299 e. The Kier molecular flexibility index (Phi) is 1.94. The highest BCUT2D eigenvalue weighted by Gasteiger charge is 2.73. The van der Waals surface area contributed by atoms with Crippen LogP contribution in [0.5, 0.6) is 0 Å². The molecule has 1 aliphatic rings. The van der Waals surface area contributed by atoms with Crippen molar-refractivity contribution in [2.24, 2.45) is 11.3 Å². The Hall–Kier alpha value is -1.32. The number of rotatable bonds is 3. The molecule has 0 aromatic heterocycles. The van der Waals surface area contributed by atoms with Crippen LogP contribution in [-0.4, -0.2) is 23.1 Å². The van der Waals surface area contributed by atoms with E-state index in [9.17, 15) is 19.2 Å². The Morgan fingerprint density at radius 3 is 1.54 bits per heavy atom. The third-order valence-corrected chi connectivity index (χ3v) is 2.52. The highest BCUT2D eigenvalue weighted by atomic mass is 16.2. The van der Waals surface area contributed by atoms with Crippen molar-refractivity contribution in [2.45, 2.75) is 20.8 Å². The Morgan fingerprint density at radius 1 is 1.08 bits per heavy atom. The Balaban J connectivity index is 3.14. The van der Waals surface area contributed by atoms with Gasteiger partial charge >= 0.3 is 0 Å². The molecule has 13 heavy (non-hydrogen) atoms. The van der Waals surface area contributed by atoms with Crippen LogP contribution in [0.1, 0.15) is 20.8 Å². The first-order valence-corrected chi connectivity index (χ1v) is 3.93. The zero-order valence-corrected chi connectivity index (χ0v) is 7.71. The average molecular weight is 182 g/mol. The molecule has 1 unspecified atom stereocenters. The molecule has 1 rings (SSSR count). The summed E-state index contributed by atoms with van der Waals surface area (Å²) in [5, 5.41) is 0. The van der Waals surface area contributed by atoms with E-state index in [1.54, 1.807) is 0 Å². The van der Waals surface area contributed by atoms with Crippen LogP contribution in [-0.2, 0) is 19.2 Å². The van der Waals surface area contributed by atoms with Crippen LogP contribution in [0, 0.1) is 11.3 Å². The lowest BCUT2D eigenvalue weighted by atomic mass is 9.93. The van der Waals surface area contributed by atoms with Crippen LogP contribution in [0.3, 0.4) is 0 Å². The van der Waals surface area contributed by atoms with Gasteiger partial charge in [-0.15, -0.1) is 0 Å². The maximum atomic E-state index is 11.2. The van der Waals surface area contributed by atoms with Crippen molar-refractivity contribution in [3.63, 3.8) is 0 Å². The van der Waals surface area contributed by atoms with Gasteiger partial charge in [0.15, 0.2) is 22.8 Å². The molecule has 1 aliphatic carbocycles. The van der Waals surface area contributed by atoms with Crippen LogP contribution < -0.4 is 0 Å². The van der Waals surface area contributed by atoms with Crippen molar-refractivity contribution in [3.8, 4) is 0 Å². The summed E-state index contributed by atoms with van der Waals surface area (Å²) < 4.78 is 0. The fraction of sp³-hybridized carbons (Fsp3) is 0.556. The lowest BCUT2D eigenvalue weighted by Crippen LogP contribution is -2.26. The third kappa shape index (κ3) is 0.978. The molecule has 0 heterocycles. The molecule has 0 spiro atoms. The van der Waals surface area contributed by atoms with Crippen molar-refractivity contribution in [1.82, 2.24) is 0 Å². The summed E-state index contributed by atoms with van der Waals surface area (Å²) in [5.74, 6) is -3.01. The molecular formula is C9H10O4. The molecule has 1 atom stereocenters. The molecule has 70 valence electrons. The number of hydrogen-bond acceptors (Lipinski definition) is 4. The standard InChI is InChI=1S/C9H10O4/c1-4(10)7-8(13)9(7,5(2)11)6(3)12/h7H,1-3H3. The summed E-state index contributed by atoms with van der Waals surface area (Å²) in [6.07, 6.45) is 0. The summed E-state index contributed by atoms with van der Waals surface area (Å²) >= 11 is 0. The molecular weight excluding hydrogens is 172 g/mol. The van der Waals surface area contributed by atoms with Gasteiger partial charge in [-0.3, -0.25) is 19.2 Å². The van der Waals surface area contributed by atoms with E-state index in [1.165, 1.54) is 20.8 Å². The summed E-state index contributed by atoms with van der Waals surface area (Å²) in [5.41, 5.74) is -1.62. The van der Waals surface area contributed by atoms with Crippen LogP contribution in [0.15, 0.2) is 0 Å². The van der Waals surface area contributed by atoms with Crippen LogP contribution >= 0.6 is 0 Å². The van der Waals surface area contributed by atoms with E-state index >= 15 is 0 Å². The lowest BCUT2D eigenvalue weighted by Gasteiger charge is -2.03. The van der Waals surface area contributed by atoms with Crippen molar-refractivity contribution in [1.29, 1.82) is 0 Å². The van der Waals surface area contributed by atoms with Crippen molar-refractivity contribution < 1.29 is 19.2 Å². The molecule has 0 amide bonds. The molecule has 1 saturated carbocycles. The molecule has 4 heteroatoms. The topological polar surface area (TPSA) is 68.3 Å². The van der Waals surface area contributed by atoms with E-state index in [-0.39, 0.29) is 0 Å². The number of carbonyl (C=O) groups excluding carboxylic acids is 4. The average Bonchev–Trinajstić information content (AvgIpc) is 2.56. The van der Waals surface area contributed by atoms with Gasteiger partial charge in [-0.2, -0.15) is 0 Å². The smallest absolute Gasteiger partial charge is 0.167 e. The van der Waals surface area contributed by atoms with Crippen LogP contribution in [0.2, 0.25) is 0 Å². The second-order valence-electron chi connectivity index (χ2n) is 3.33. The minimum absolute atomic E-state index is 0.407. The SMILES string of the molecule is CC(=O)C1C(=O)C1(C(C)=O)C(C)=O. The van der Waals surface area contributed by atoms with E-state index in [1.807, 2.05) is 0 Å². The first kappa shape index (κ1) is 9.77. The molecule has 0 aliphatic heterocycles. The predicted molar refractivity (Wildman–Crippen MR) is 43.0 cm³/mol. The second kappa shape index (κ2) is 2.58. The molecule has 0 saturated heterocycles. The maximum Gasteiger partial charge on any atom is 0.167 e. The van der Waals surface area contributed by atoms with Gasteiger partial charge in [0.2, 0.25) is 0 Å². The number of Topliss-reactive ketones (excluding diaryl/α,β-unsaturated/α-hetero) is 4. The third-order valence-electron chi connectivity index (χ3n) is 2.52. The molecule has 0 aromatic rings. The first-order valence-electron chi connectivity index (χ1n) is 3.93. The summed E-state index contributed by atoms with van der Waals surface area (Å²) in [4.78, 5) is 44.3. The minimum atomic E-state index is -1.62. The molecule has 1 fully saturated rings. The lowest BCUT2D eigenvalue weighted by molar-refractivity contribution is -0.136. The Morgan fingerprint density at radius 2 is 1.46 bits per heavy atom. The maximum absolute atomic E-state index is 11.2. The van der Waals surface area contributed by atoms with Gasteiger partial charge in [-0.05, 0) is 20.8 Å². The quantitative estimate of drug-likeness (QED) is 0.573. The monoisotopic (exact) mass is 182 g/mol. The van der Waals surface area contributed by atoms with Crippen molar-refractivity contribution in [2.75, 3.05) is 0 Å². The Labute approximate surface area is 75.3 Å². The molecule has 0 N–H and O–H groups in total. The van der Waals surface area contributed by atoms with E-state index in [0.29, 0.717) is 0 Å². The van der Waals surface area contributed by atoms with Gasteiger partial charge in [-0.25, -0.2) is 0 Å². The molecule has 0 aromatic carbocycles. The van der Waals surface area contributed by atoms with Gasteiger partial charge < -0.3 is 0 Å². The number of hydrogen-bond donors (Lipinski definition) is 0. The van der Waals surface area contributed by atoms with Gasteiger partial charge in [0.05, 0.1) is 0 Å². The van der Waals surface area contributed by atoms with E-state index in [2.05, 4.69) is 0 Å². The van der Waals surface area contributed by atoms with E-state index < -0.39 is 34.5 Å². The van der Waals surface area contributed by atoms with Gasteiger partial charge in [0.25, 0.3) is 0 Å². The largest absolute Gasteiger partial charge is 0.299 e. The van der Waals surface area contributed by atoms with Crippen LogP contribution in [0.4, 0.5) is 0 Å². The van der Waals surface area contributed by atoms with Gasteiger partial charge in [-0.1, -0.05) is 0 Å². The van der Waals surface area contributed by atoms with E-state index in [0.717, 1.165) is 0 Å². The fourth-order valence-electron chi connectivity index (χ4n) is 1.79. The highest BCUT2D eigenvalue weighted by Crippen LogP contribution is 2.50. The summed E-state index contributed by atoms with van der Waals surface area (Å²) in [6.45, 7) is 3.56. The van der Waals surface area contributed by atoms with Crippen molar-refractivity contribution >= 4 is 23.1 Å². The van der Waals surface area contributed by atoms with Crippen molar-refractivity contribution in [3.05, 3.63) is 0 Å². The zero-order chi connectivity index (χ0) is 10.4. The van der Waals surface area contributed by atoms with E-state index in [4.69, 9.17) is 0 Å². The fourth-order valence-corrected chi connectivity index (χ4v) is 1.79. The highest BCUT2D eigenvalue weighted by molar-refractivity contribution is 6.41. The summed E-state index contributed by atoms with van der Waals surface area (Å²) in [6, 6.07) is 0. The Bertz CT molecular complexity index is 313. The van der Waals surface area contributed by atoms with Gasteiger partial charge in [0.1, 0.15) is 11.7 Å². The normalized spacial score (nSPS) is 23.9. The first-order chi connectivity index (χ1) is 5.86. The molecule has 4 nitrogen and oxygen atoms in total.